The Bertz CT molecular complexity index is 164. The van der Waals surface area contributed by atoms with E-state index in [9.17, 15) is 14.0 Å². The van der Waals surface area contributed by atoms with Crippen LogP contribution in [-0.2, 0) is 9.59 Å². The first-order valence-electron chi connectivity index (χ1n) is 2.80. The van der Waals surface area contributed by atoms with Gasteiger partial charge in [0.2, 0.25) is 0 Å². The predicted octanol–water partition coefficient (Wildman–Crippen LogP) is -0.545. The molecular formula is C5H8FNO3S. The Kier molecular flexibility index (Phi) is 4.60. The molecule has 0 spiro atoms. The molecule has 2 N–H and O–H groups in total. The van der Waals surface area contributed by atoms with E-state index < -0.39 is 24.6 Å². The maximum absolute atomic E-state index is 11.5. The van der Waals surface area contributed by atoms with E-state index in [-0.39, 0.29) is 5.75 Å². The summed E-state index contributed by atoms with van der Waals surface area (Å²) in [5, 5.41) is 10.3. The summed E-state index contributed by atoms with van der Waals surface area (Å²) in [5.41, 5.74) is 0. The number of carboxylic acid groups (broad SMARTS) is 1. The van der Waals surface area contributed by atoms with Gasteiger partial charge in [-0.25, -0.2) is 9.18 Å². The van der Waals surface area contributed by atoms with E-state index >= 15 is 0 Å². The van der Waals surface area contributed by atoms with Crippen molar-refractivity contribution in [2.24, 2.45) is 0 Å². The molecule has 0 aromatic heterocycles. The van der Waals surface area contributed by atoms with Gasteiger partial charge in [-0.1, -0.05) is 0 Å². The third-order valence-corrected chi connectivity index (χ3v) is 1.30. The van der Waals surface area contributed by atoms with E-state index in [2.05, 4.69) is 12.6 Å². The van der Waals surface area contributed by atoms with Crippen LogP contribution in [0.2, 0.25) is 0 Å². The molecule has 6 heteroatoms. The number of carboxylic acids is 1. The van der Waals surface area contributed by atoms with Crippen LogP contribution in [0, 0.1) is 0 Å². The van der Waals surface area contributed by atoms with Crippen LogP contribution < -0.4 is 5.32 Å². The van der Waals surface area contributed by atoms with Crippen molar-refractivity contribution in [1.82, 2.24) is 5.32 Å². The number of rotatable bonds is 4. The van der Waals surface area contributed by atoms with Crippen molar-refractivity contribution in [3.63, 3.8) is 0 Å². The molecule has 0 rings (SSSR count). The van der Waals surface area contributed by atoms with Gasteiger partial charge in [-0.05, 0) is 0 Å². The highest BCUT2D eigenvalue weighted by Gasteiger charge is 2.17. The number of carbonyl (C=O) groups is 2. The SMILES string of the molecule is O=C(CF)NC(CS)C(=O)O. The number of alkyl halides is 1. The van der Waals surface area contributed by atoms with E-state index in [0.29, 0.717) is 0 Å². The number of carbonyl (C=O) groups excluding carboxylic acids is 1. The highest BCUT2D eigenvalue weighted by Crippen LogP contribution is 1.87. The molecule has 0 fully saturated rings. The molecular weight excluding hydrogens is 173 g/mol. The number of hydrogen-bond acceptors (Lipinski definition) is 3. The van der Waals surface area contributed by atoms with E-state index in [1.54, 1.807) is 0 Å². The average Bonchev–Trinajstić information content (AvgIpc) is 1.99. The Balaban J connectivity index is 3.88. The maximum atomic E-state index is 11.5. The molecule has 1 atom stereocenters. The Morgan fingerprint density at radius 3 is 2.45 bits per heavy atom. The minimum atomic E-state index is -1.22. The number of halogens is 1. The van der Waals surface area contributed by atoms with Gasteiger partial charge < -0.3 is 10.4 Å². The van der Waals surface area contributed by atoms with Crippen LogP contribution >= 0.6 is 12.6 Å². The second-order valence-corrected chi connectivity index (χ2v) is 2.14. The fourth-order valence-corrected chi connectivity index (χ4v) is 0.666. The largest absolute Gasteiger partial charge is 0.480 e. The number of hydrogen-bond donors (Lipinski definition) is 3. The molecule has 4 nitrogen and oxygen atoms in total. The van der Waals surface area contributed by atoms with Crippen LogP contribution in [0.15, 0.2) is 0 Å². The van der Waals surface area contributed by atoms with Crippen LogP contribution in [-0.4, -0.2) is 35.5 Å². The summed E-state index contributed by atoms with van der Waals surface area (Å²) in [7, 11) is 0. The zero-order chi connectivity index (χ0) is 8.85. The Labute approximate surface area is 68.2 Å². The van der Waals surface area contributed by atoms with Crippen LogP contribution in [0.3, 0.4) is 0 Å². The lowest BCUT2D eigenvalue weighted by molar-refractivity contribution is -0.141. The number of amides is 1. The highest BCUT2D eigenvalue weighted by atomic mass is 32.1. The number of thiol groups is 1. The zero-order valence-electron chi connectivity index (χ0n) is 5.58. The van der Waals surface area contributed by atoms with E-state index in [0.717, 1.165) is 0 Å². The lowest BCUT2D eigenvalue weighted by atomic mass is 10.3. The Morgan fingerprint density at radius 1 is 1.64 bits per heavy atom. The van der Waals surface area contributed by atoms with Gasteiger partial charge in [-0.2, -0.15) is 12.6 Å². The standard InChI is InChI=1S/C5H8FNO3S/c6-1-4(8)7-3(2-11)5(9)10/h3,11H,1-2H2,(H,7,8)(H,9,10). The van der Waals surface area contributed by atoms with Gasteiger partial charge in [0.15, 0.2) is 6.67 Å². The number of aliphatic carboxylic acids is 1. The summed E-state index contributed by atoms with van der Waals surface area (Å²) in [6.07, 6.45) is 0. The quantitative estimate of drug-likeness (QED) is 0.510. The lowest BCUT2D eigenvalue weighted by Crippen LogP contribution is -2.42. The van der Waals surface area contributed by atoms with Crippen LogP contribution in [0.25, 0.3) is 0 Å². The molecule has 11 heavy (non-hydrogen) atoms. The molecule has 0 heterocycles. The van der Waals surface area contributed by atoms with Crippen molar-refractivity contribution in [3.05, 3.63) is 0 Å². The van der Waals surface area contributed by atoms with Crippen molar-refractivity contribution in [1.29, 1.82) is 0 Å². The topological polar surface area (TPSA) is 66.4 Å². The van der Waals surface area contributed by atoms with E-state index in [1.807, 2.05) is 5.32 Å². The molecule has 0 bridgehead atoms. The molecule has 64 valence electrons. The van der Waals surface area contributed by atoms with E-state index in [4.69, 9.17) is 5.11 Å². The molecule has 0 aromatic rings. The third kappa shape index (κ3) is 3.82. The van der Waals surface area contributed by atoms with Gasteiger partial charge in [-0.15, -0.1) is 0 Å². The van der Waals surface area contributed by atoms with Gasteiger partial charge in [-0.3, -0.25) is 4.79 Å². The third-order valence-electron chi connectivity index (χ3n) is 0.937. The van der Waals surface area contributed by atoms with Gasteiger partial charge in [0.05, 0.1) is 0 Å². The summed E-state index contributed by atoms with van der Waals surface area (Å²) in [6.45, 7) is -1.21. The predicted molar refractivity (Wildman–Crippen MR) is 39.4 cm³/mol. The Hall–Kier alpha value is -0.780. The first-order valence-corrected chi connectivity index (χ1v) is 3.44. The Morgan fingerprint density at radius 2 is 2.18 bits per heavy atom. The summed E-state index contributed by atoms with van der Waals surface area (Å²) in [5.74, 6) is -2.21. The fraction of sp³-hybridized carbons (Fsp3) is 0.600. The molecule has 0 radical (unpaired) electrons. The van der Waals surface area contributed by atoms with Gasteiger partial charge >= 0.3 is 5.97 Å². The average molecular weight is 181 g/mol. The van der Waals surface area contributed by atoms with Gasteiger partial charge in [0.1, 0.15) is 6.04 Å². The summed E-state index contributed by atoms with van der Waals surface area (Å²) < 4.78 is 11.5. The molecule has 0 saturated heterocycles. The molecule has 1 amide bonds. The molecule has 0 aliphatic carbocycles. The number of nitrogens with one attached hydrogen (secondary N) is 1. The highest BCUT2D eigenvalue weighted by molar-refractivity contribution is 7.80. The normalized spacial score (nSPS) is 12.2. The second kappa shape index (κ2) is 4.95. The van der Waals surface area contributed by atoms with E-state index in [1.165, 1.54) is 0 Å². The summed E-state index contributed by atoms with van der Waals surface area (Å²) >= 11 is 3.65. The van der Waals surface area contributed by atoms with Gasteiger partial charge in [0.25, 0.3) is 5.91 Å². The van der Waals surface area contributed by atoms with Gasteiger partial charge in [0, 0.05) is 5.75 Å². The van der Waals surface area contributed by atoms with Crippen LogP contribution in [0.1, 0.15) is 0 Å². The second-order valence-electron chi connectivity index (χ2n) is 1.77. The maximum Gasteiger partial charge on any atom is 0.327 e. The van der Waals surface area contributed by atoms with Crippen molar-refractivity contribution >= 4 is 24.5 Å². The monoisotopic (exact) mass is 181 g/mol. The molecule has 0 aliphatic heterocycles. The lowest BCUT2D eigenvalue weighted by Gasteiger charge is -2.09. The summed E-state index contributed by atoms with van der Waals surface area (Å²) in [6, 6.07) is -1.11. The zero-order valence-corrected chi connectivity index (χ0v) is 6.47. The summed E-state index contributed by atoms with van der Waals surface area (Å²) in [4.78, 5) is 20.5. The smallest absolute Gasteiger partial charge is 0.327 e. The molecule has 0 aliphatic rings. The first-order chi connectivity index (χ1) is 5.11. The van der Waals surface area contributed by atoms with Crippen LogP contribution in [0.4, 0.5) is 4.39 Å². The molecule has 1 unspecified atom stereocenters. The fourth-order valence-electron chi connectivity index (χ4n) is 0.418. The van der Waals surface area contributed by atoms with Crippen molar-refractivity contribution in [3.8, 4) is 0 Å². The first kappa shape index (κ1) is 10.2. The van der Waals surface area contributed by atoms with Crippen molar-refractivity contribution in [2.45, 2.75) is 6.04 Å². The molecule has 0 saturated carbocycles. The molecule has 0 aromatic carbocycles. The van der Waals surface area contributed by atoms with Crippen molar-refractivity contribution in [2.75, 3.05) is 12.4 Å². The van der Waals surface area contributed by atoms with Crippen LogP contribution in [0.5, 0.6) is 0 Å². The van der Waals surface area contributed by atoms with Crippen molar-refractivity contribution < 1.29 is 19.1 Å². The minimum absolute atomic E-state index is 0.0545. The minimum Gasteiger partial charge on any atom is -0.480 e.